The first kappa shape index (κ1) is 25.4. The summed E-state index contributed by atoms with van der Waals surface area (Å²) in [5, 5.41) is 0. The Morgan fingerprint density at radius 2 is 0.714 bits per heavy atom. The lowest BCUT2D eigenvalue weighted by atomic mass is 10.2. The predicted molar refractivity (Wildman–Crippen MR) is 98.0 cm³/mol. The predicted octanol–water partition coefficient (Wildman–Crippen LogP) is 4.27. The minimum Gasteiger partial charge on any atom is -0.126 e. The van der Waals surface area contributed by atoms with Gasteiger partial charge in [-0.25, -0.2) is 0 Å². The van der Waals surface area contributed by atoms with Crippen molar-refractivity contribution in [2.75, 3.05) is 0 Å². The van der Waals surface area contributed by atoms with Crippen molar-refractivity contribution >= 4 is 55.4 Å². The van der Waals surface area contributed by atoms with Crippen LogP contribution in [0.4, 0.5) is 0 Å². The fourth-order valence-corrected chi connectivity index (χ4v) is 2.49. The maximum atomic E-state index is 2.89. The third-order valence-electron chi connectivity index (χ3n) is 1.78. The Labute approximate surface area is 106 Å². The molecule has 0 fully saturated rings. The molecule has 0 heterocycles. The molecule has 0 nitrogen and oxygen atoms in total. The largest absolute Gasteiger partial charge is 0.126 e. The van der Waals surface area contributed by atoms with Crippen LogP contribution in [0, 0.1) is 0 Å². The van der Waals surface area contributed by atoms with E-state index in [1.807, 2.05) is 0 Å². The van der Waals surface area contributed by atoms with Crippen molar-refractivity contribution in [1.82, 2.24) is 0 Å². The molecule has 14 heavy (non-hydrogen) atoms. The minimum atomic E-state index is 0. The van der Waals surface area contributed by atoms with E-state index in [0.717, 1.165) is 0 Å². The monoisotopic (exact) mass is 312 g/mol. The quantitative estimate of drug-likeness (QED) is 0.668. The van der Waals surface area contributed by atoms with E-state index in [9.17, 15) is 0 Å². The number of rotatable bonds is 2. The summed E-state index contributed by atoms with van der Waals surface area (Å²) in [4.78, 5) is 0.256. The summed E-state index contributed by atoms with van der Waals surface area (Å²) in [6.07, 6.45) is 0. The molecule has 0 aromatic heterocycles. The lowest BCUT2D eigenvalue weighted by Crippen LogP contribution is -2.43. The van der Waals surface area contributed by atoms with Crippen LogP contribution >= 0.6 is 55.4 Å². The van der Waals surface area contributed by atoms with E-state index in [0.29, 0.717) is 0 Å². The molecule has 0 aliphatic heterocycles. The summed E-state index contributed by atoms with van der Waals surface area (Å²) in [5.74, 6) is 0. The number of hydrogen-bond donors (Lipinski definition) is 0. The summed E-state index contributed by atoms with van der Waals surface area (Å²) in [5.41, 5.74) is 0. The maximum Gasteiger partial charge on any atom is 0.0234 e. The molecule has 0 saturated carbocycles. The second-order valence-electron chi connectivity index (χ2n) is 3.43. The fraction of sp³-hybridized carbons (Fsp3) is 1.00. The van der Waals surface area contributed by atoms with Crippen molar-refractivity contribution in [1.29, 1.82) is 0 Å². The van der Waals surface area contributed by atoms with Crippen molar-refractivity contribution in [3.63, 3.8) is 0 Å². The molecule has 92 valence electrons. The third-order valence-corrected chi connectivity index (χ3v) is 8.85. The summed E-state index contributed by atoms with van der Waals surface area (Å²) in [6, 6.07) is 0. The molecule has 0 N–H and O–H groups in total. The van der Waals surface area contributed by atoms with Gasteiger partial charge in [0.15, 0.2) is 0 Å². The van der Waals surface area contributed by atoms with Crippen LogP contribution in [0.2, 0.25) is 0 Å². The Morgan fingerprint density at radius 3 is 0.714 bits per heavy atom. The molecule has 0 aliphatic carbocycles. The molecule has 0 saturated heterocycles. The molecule has 0 aliphatic rings. The fourth-order valence-electron chi connectivity index (χ4n) is 0.580. The molecule has 0 radical (unpaired) electrons. The van der Waals surface area contributed by atoms with Gasteiger partial charge in [-0.3, -0.25) is 0 Å². The Balaban J connectivity index is -0.000000167. The van der Waals surface area contributed by atoms with Crippen molar-refractivity contribution in [2.45, 2.75) is 50.8 Å². The standard InChI is InChI=1S/C5H18P6.3CH4/c1-3(6,7)5(10,11)4(2,8)9;;;/h6-11H2,1-2H3;3*1H4. The Bertz CT molecular complexity index is 125. The lowest BCUT2D eigenvalue weighted by molar-refractivity contribution is 0.694. The summed E-state index contributed by atoms with van der Waals surface area (Å²) in [7, 11) is 17.1. The van der Waals surface area contributed by atoms with Crippen LogP contribution in [0.25, 0.3) is 0 Å². The van der Waals surface area contributed by atoms with Crippen LogP contribution < -0.4 is 0 Å². The summed E-state index contributed by atoms with van der Waals surface area (Å²) in [6.45, 7) is 4.35. The zero-order valence-corrected chi connectivity index (χ0v) is 13.9. The summed E-state index contributed by atoms with van der Waals surface area (Å²) >= 11 is 0. The van der Waals surface area contributed by atoms with Crippen LogP contribution in [-0.4, -0.2) is 14.7 Å². The maximum absolute atomic E-state index is 2.89. The molecule has 0 aromatic carbocycles. The Hall–Kier alpha value is 2.58. The van der Waals surface area contributed by atoms with Crippen LogP contribution in [0.5, 0.6) is 0 Å². The number of hydrogen-bond acceptors (Lipinski definition) is 0. The lowest BCUT2D eigenvalue weighted by Gasteiger charge is -2.47. The average Bonchev–Trinajstić information content (AvgIpc) is 1.58. The molecule has 0 aromatic rings. The molecular formula is C8H30P6. The second-order valence-corrected chi connectivity index (χ2v) is 12.1. The highest BCUT2D eigenvalue weighted by atomic mass is 31.1. The Kier molecular flexibility index (Phi) is 14.2. The van der Waals surface area contributed by atoms with Crippen molar-refractivity contribution in [3.8, 4) is 0 Å². The van der Waals surface area contributed by atoms with Crippen LogP contribution in [-0.2, 0) is 0 Å². The van der Waals surface area contributed by atoms with E-state index in [-0.39, 0.29) is 37.0 Å². The topological polar surface area (TPSA) is 0 Å². The highest BCUT2D eigenvalue weighted by molar-refractivity contribution is 7.54. The first-order chi connectivity index (χ1) is 4.50. The van der Waals surface area contributed by atoms with Gasteiger partial charge >= 0.3 is 0 Å². The second kappa shape index (κ2) is 7.82. The molecule has 0 bridgehead atoms. The summed E-state index contributed by atoms with van der Waals surface area (Å²) < 4.78 is 0. The van der Waals surface area contributed by atoms with Crippen LogP contribution in [0.3, 0.4) is 0 Å². The molecule has 6 unspecified atom stereocenters. The average molecular weight is 312 g/mol. The van der Waals surface area contributed by atoms with Crippen molar-refractivity contribution in [2.24, 2.45) is 0 Å². The SMILES string of the molecule is C.C.C.CC(P)(P)C(P)(P)C(C)(P)P. The molecule has 0 spiro atoms. The van der Waals surface area contributed by atoms with Crippen LogP contribution in [0.1, 0.15) is 36.1 Å². The first-order valence-electron chi connectivity index (χ1n) is 3.23. The van der Waals surface area contributed by atoms with E-state index >= 15 is 0 Å². The van der Waals surface area contributed by atoms with Gasteiger partial charge in [0.2, 0.25) is 0 Å². The first-order valence-corrected chi connectivity index (χ1v) is 6.70. The third kappa shape index (κ3) is 6.35. The van der Waals surface area contributed by atoms with Gasteiger partial charge in [0.05, 0.1) is 0 Å². The normalized spacial score (nSPS) is 12.0. The minimum absolute atomic E-state index is 0. The smallest absolute Gasteiger partial charge is 0.0234 e. The van der Waals surface area contributed by atoms with Gasteiger partial charge in [-0.2, -0.15) is 0 Å². The molecule has 6 heteroatoms. The molecule has 0 amide bonds. The van der Waals surface area contributed by atoms with E-state index in [2.05, 4.69) is 69.3 Å². The highest BCUT2D eigenvalue weighted by Gasteiger charge is 2.43. The van der Waals surface area contributed by atoms with Gasteiger partial charge < -0.3 is 0 Å². The van der Waals surface area contributed by atoms with E-state index in [4.69, 9.17) is 0 Å². The van der Waals surface area contributed by atoms with Gasteiger partial charge in [-0.1, -0.05) is 36.1 Å². The van der Waals surface area contributed by atoms with E-state index in [1.165, 1.54) is 0 Å². The van der Waals surface area contributed by atoms with Gasteiger partial charge in [-0.15, -0.1) is 55.4 Å². The van der Waals surface area contributed by atoms with E-state index < -0.39 is 0 Å². The van der Waals surface area contributed by atoms with Gasteiger partial charge in [0.1, 0.15) is 0 Å². The molecule has 0 rings (SSSR count). The van der Waals surface area contributed by atoms with Gasteiger partial charge in [0, 0.05) is 14.7 Å². The zero-order chi connectivity index (χ0) is 9.50. The van der Waals surface area contributed by atoms with Gasteiger partial charge in [-0.05, 0) is 0 Å². The van der Waals surface area contributed by atoms with Gasteiger partial charge in [0.25, 0.3) is 0 Å². The molecular weight excluding hydrogens is 282 g/mol. The van der Waals surface area contributed by atoms with Crippen molar-refractivity contribution < 1.29 is 0 Å². The highest BCUT2D eigenvalue weighted by Crippen LogP contribution is 2.59. The zero-order valence-electron chi connectivity index (χ0n) is 6.96. The Morgan fingerprint density at radius 1 is 0.571 bits per heavy atom. The van der Waals surface area contributed by atoms with Crippen LogP contribution in [0.15, 0.2) is 0 Å². The molecule has 6 atom stereocenters. The van der Waals surface area contributed by atoms with E-state index in [1.54, 1.807) is 0 Å². The van der Waals surface area contributed by atoms with Crippen molar-refractivity contribution in [3.05, 3.63) is 0 Å².